The highest BCUT2D eigenvalue weighted by Gasteiger charge is 2.65. The molecule has 8 nitrogen and oxygen atoms in total. The Kier molecular flexibility index (Phi) is 5.10. The topological polar surface area (TPSA) is 88.5 Å². The summed E-state index contributed by atoms with van der Waals surface area (Å²) in [5.41, 5.74) is 2.64. The fraction of sp³-hybridized carbons (Fsp3) is 0.214. The molecule has 0 aromatic heterocycles. The van der Waals surface area contributed by atoms with Gasteiger partial charge in [-0.05, 0) is 59.7 Å². The van der Waals surface area contributed by atoms with Crippen molar-refractivity contribution in [2.75, 3.05) is 19.1 Å². The second-order valence-electron chi connectivity index (χ2n) is 9.00. The Hall–Kier alpha value is -4.46. The average Bonchev–Trinajstić information content (AvgIpc) is 3.40. The molecule has 0 radical (unpaired) electrons. The summed E-state index contributed by atoms with van der Waals surface area (Å²) >= 11 is 0. The van der Waals surface area contributed by atoms with Gasteiger partial charge in [-0.2, -0.15) is 5.10 Å². The van der Waals surface area contributed by atoms with Crippen LogP contribution in [0, 0.1) is 11.8 Å². The molecule has 2 amide bonds. The summed E-state index contributed by atoms with van der Waals surface area (Å²) in [7, 11) is 3.11. The maximum Gasteiger partial charge on any atom is 0.240 e. The lowest BCUT2D eigenvalue weighted by atomic mass is 9.83. The van der Waals surface area contributed by atoms with Crippen molar-refractivity contribution in [3.63, 3.8) is 0 Å². The van der Waals surface area contributed by atoms with Crippen molar-refractivity contribution in [2.24, 2.45) is 16.9 Å². The number of hydrogen-bond donors (Lipinski definition) is 0. The van der Waals surface area contributed by atoms with E-state index in [1.807, 2.05) is 24.3 Å². The number of carbonyl (C=O) groups excluding carboxylic acids is 3. The van der Waals surface area contributed by atoms with Gasteiger partial charge in [0.05, 0.1) is 44.0 Å². The molecule has 3 heterocycles. The molecule has 6 rings (SSSR count). The van der Waals surface area contributed by atoms with Crippen molar-refractivity contribution in [3.05, 3.63) is 89.5 Å². The average molecular weight is 482 g/mol. The van der Waals surface area contributed by atoms with E-state index >= 15 is 0 Å². The zero-order valence-corrected chi connectivity index (χ0v) is 19.7. The zero-order chi connectivity index (χ0) is 25.0. The molecule has 8 heteroatoms. The molecule has 36 heavy (non-hydrogen) atoms. The fourth-order valence-electron chi connectivity index (χ4n) is 5.58. The Bertz CT molecular complexity index is 1400. The van der Waals surface area contributed by atoms with Gasteiger partial charge in [-0.15, -0.1) is 0 Å². The number of ketones is 1. The van der Waals surface area contributed by atoms with Crippen LogP contribution in [0.4, 0.5) is 5.69 Å². The van der Waals surface area contributed by atoms with E-state index in [9.17, 15) is 14.4 Å². The van der Waals surface area contributed by atoms with Gasteiger partial charge >= 0.3 is 0 Å². The number of methoxy groups -OCH3 is 2. The lowest BCUT2D eigenvalue weighted by Crippen LogP contribution is -2.44. The minimum atomic E-state index is -0.919. The van der Waals surface area contributed by atoms with Crippen LogP contribution in [0.5, 0.6) is 11.5 Å². The van der Waals surface area contributed by atoms with E-state index in [-0.39, 0.29) is 11.7 Å². The lowest BCUT2D eigenvalue weighted by molar-refractivity contribution is -0.124. The lowest BCUT2D eigenvalue weighted by Gasteiger charge is -2.33. The highest BCUT2D eigenvalue weighted by atomic mass is 16.5. The summed E-state index contributed by atoms with van der Waals surface area (Å²) in [5.74, 6) is -1.37. The molecule has 3 aliphatic heterocycles. The van der Waals surface area contributed by atoms with Crippen molar-refractivity contribution in [1.29, 1.82) is 0 Å². The maximum absolute atomic E-state index is 13.9. The van der Waals surface area contributed by atoms with Gasteiger partial charge in [0, 0.05) is 5.56 Å². The van der Waals surface area contributed by atoms with Crippen LogP contribution in [-0.4, -0.2) is 49.1 Å². The van der Waals surface area contributed by atoms with E-state index in [0.29, 0.717) is 22.7 Å². The number of rotatable bonds is 5. The van der Waals surface area contributed by atoms with Gasteiger partial charge in [-0.25, -0.2) is 4.90 Å². The second kappa shape index (κ2) is 8.34. The standard InChI is InChI=1S/C28H23N3O5/c1-35-19-11-7-16(8-12-19)26(32)25-23-22(24-21-6-4-3-5-17(21)15-29-31(24)25)27(33)30(28(23)34)18-9-13-20(36-2)14-10-18/h3-15,22-25H,1-2H3/t22-,23-,24-,25+/m1/s1. The van der Waals surface area contributed by atoms with Crippen LogP contribution in [0.2, 0.25) is 0 Å². The molecule has 0 aliphatic carbocycles. The first-order valence-corrected chi connectivity index (χ1v) is 11.6. The normalized spacial score (nSPS) is 23.8. The summed E-state index contributed by atoms with van der Waals surface area (Å²) in [4.78, 5) is 42.8. The number of Topliss-reactive ketones (excluding diaryl/α,β-unsaturated/α-hetero) is 1. The van der Waals surface area contributed by atoms with E-state index in [4.69, 9.17) is 9.47 Å². The molecule has 3 aliphatic rings. The number of hydrazone groups is 1. The largest absolute Gasteiger partial charge is 0.497 e. The molecular formula is C28H23N3O5. The molecule has 0 bridgehead atoms. The van der Waals surface area contributed by atoms with Gasteiger partial charge < -0.3 is 9.47 Å². The number of benzene rings is 3. The Balaban J connectivity index is 1.46. The minimum Gasteiger partial charge on any atom is -0.497 e. The zero-order valence-electron chi connectivity index (χ0n) is 19.7. The maximum atomic E-state index is 13.9. The van der Waals surface area contributed by atoms with E-state index in [1.54, 1.807) is 74.0 Å². The number of nitrogens with zero attached hydrogens (tertiary/aromatic N) is 3. The Labute approximate surface area is 207 Å². The Morgan fingerprint density at radius 2 is 1.42 bits per heavy atom. The monoisotopic (exact) mass is 481 g/mol. The van der Waals surface area contributed by atoms with Crippen LogP contribution >= 0.6 is 0 Å². The Morgan fingerprint density at radius 1 is 0.806 bits per heavy atom. The third-order valence-electron chi connectivity index (χ3n) is 7.27. The Morgan fingerprint density at radius 3 is 2.08 bits per heavy atom. The van der Waals surface area contributed by atoms with Crippen molar-refractivity contribution < 1.29 is 23.9 Å². The van der Waals surface area contributed by atoms with Crippen LogP contribution in [0.15, 0.2) is 77.9 Å². The quantitative estimate of drug-likeness (QED) is 0.410. The third-order valence-corrected chi connectivity index (χ3v) is 7.27. The molecule has 2 saturated heterocycles. The van der Waals surface area contributed by atoms with Crippen LogP contribution in [0.25, 0.3) is 0 Å². The summed E-state index contributed by atoms with van der Waals surface area (Å²) in [6, 6.07) is 19.7. The SMILES string of the molecule is COc1ccc(C(=O)[C@@H]2[C@@H]3C(=O)N(c4ccc(OC)cc4)C(=O)[C@H]3[C@H]3c4ccccc4C=NN23)cc1. The molecule has 0 saturated carbocycles. The van der Waals surface area contributed by atoms with Crippen LogP contribution in [-0.2, 0) is 9.59 Å². The van der Waals surface area contributed by atoms with E-state index in [2.05, 4.69) is 5.10 Å². The van der Waals surface area contributed by atoms with Gasteiger partial charge in [0.25, 0.3) is 0 Å². The molecule has 3 aromatic carbocycles. The highest BCUT2D eigenvalue weighted by Crippen LogP contribution is 2.53. The first kappa shape index (κ1) is 22.0. The van der Waals surface area contributed by atoms with Gasteiger partial charge in [-0.3, -0.25) is 19.4 Å². The van der Waals surface area contributed by atoms with Crippen molar-refractivity contribution in [3.8, 4) is 11.5 Å². The van der Waals surface area contributed by atoms with Gasteiger partial charge in [0.15, 0.2) is 5.78 Å². The van der Waals surface area contributed by atoms with Gasteiger partial charge in [0.1, 0.15) is 17.5 Å². The molecular weight excluding hydrogens is 458 g/mol. The third kappa shape index (κ3) is 3.14. The van der Waals surface area contributed by atoms with Crippen LogP contribution < -0.4 is 14.4 Å². The number of ether oxygens (including phenoxy) is 2. The number of imide groups is 1. The first-order valence-electron chi connectivity index (χ1n) is 11.6. The summed E-state index contributed by atoms with van der Waals surface area (Å²) in [5, 5.41) is 6.25. The first-order chi connectivity index (χ1) is 17.5. The molecule has 180 valence electrons. The summed E-state index contributed by atoms with van der Waals surface area (Å²) in [6.07, 6.45) is 1.69. The van der Waals surface area contributed by atoms with Crippen molar-refractivity contribution >= 4 is 29.5 Å². The number of amides is 2. The highest BCUT2D eigenvalue weighted by molar-refractivity contribution is 6.24. The predicted molar refractivity (Wildman–Crippen MR) is 132 cm³/mol. The van der Waals surface area contributed by atoms with Gasteiger partial charge in [0.2, 0.25) is 11.8 Å². The smallest absolute Gasteiger partial charge is 0.240 e. The van der Waals surface area contributed by atoms with Crippen LogP contribution in [0.3, 0.4) is 0 Å². The molecule has 0 unspecified atom stereocenters. The number of fused-ring (bicyclic) bond motifs is 5. The van der Waals surface area contributed by atoms with E-state index in [1.165, 1.54) is 4.90 Å². The number of hydrogen-bond acceptors (Lipinski definition) is 7. The fourth-order valence-corrected chi connectivity index (χ4v) is 5.58. The predicted octanol–water partition coefficient (Wildman–Crippen LogP) is 3.47. The number of carbonyl (C=O) groups is 3. The minimum absolute atomic E-state index is 0.260. The molecule has 4 atom stereocenters. The molecule has 3 aromatic rings. The van der Waals surface area contributed by atoms with Crippen molar-refractivity contribution in [2.45, 2.75) is 12.1 Å². The van der Waals surface area contributed by atoms with Gasteiger partial charge in [-0.1, -0.05) is 24.3 Å². The molecule has 0 N–H and O–H groups in total. The number of anilines is 1. The van der Waals surface area contributed by atoms with Crippen LogP contribution in [0.1, 0.15) is 27.5 Å². The van der Waals surface area contributed by atoms with E-state index in [0.717, 1.165) is 11.1 Å². The second-order valence-corrected chi connectivity index (χ2v) is 9.00. The molecule has 2 fully saturated rings. The molecule has 0 spiro atoms. The summed E-state index contributed by atoms with van der Waals surface area (Å²) in [6.45, 7) is 0. The summed E-state index contributed by atoms with van der Waals surface area (Å²) < 4.78 is 10.4. The van der Waals surface area contributed by atoms with Crippen molar-refractivity contribution in [1.82, 2.24) is 5.01 Å². The van der Waals surface area contributed by atoms with E-state index < -0.39 is 29.8 Å².